The van der Waals surface area contributed by atoms with Crippen molar-refractivity contribution in [2.45, 2.75) is 12.5 Å². The maximum Gasteiger partial charge on any atom is 0.261 e. The molecule has 6 heteroatoms. The van der Waals surface area contributed by atoms with Gasteiger partial charge in [0.1, 0.15) is 0 Å². The summed E-state index contributed by atoms with van der Waals surface area (Å²) in [6.45, 7) is 0.923. The minimum Gasteiger partial charge on any atom is -0.391 e. The van der Waals surface area contributed by atoms with Crippen LogP contribution in [0.4, 0.5) is 0 Å². The van der Waals surface area contributed by atoms with Crippen LogP contribution in [-0.4, -0.2) is 47.6 Å². The number of hydrogen-bond donors (Lipinski definition) is 2. The summed E-state index contributed by atoms with van der Waals surface area (Å²) in [7, 11) is 0. The van der Waals surface area contributed by atoms with E-state index in [0.29, 0.717) is 24.4 Å². The molecule has 1 aromatic rings. The Morgan fingerprint density at radius 2 is 2.41 bits per heavy atom. The van der Waals surface area contributed by atoms with Crippen molar-refractivity contribution < 1.29 is 14.7 Å². The molecule has 2 N–H and O–H groups in total. The number of carbonyl (C=O) groups excluding carboxylic acids is 2. The van der Waals surface area contributed by atoms with Gasteiger partial charge in [0.25, 0.3) is 5.91 Å². The van der Waals surface area contributed by atoms with Crippen molar-refractivity contribution in [1.29, 1.82) is 0 Å². The number of hydrogen-bond acceptors (Lipinski definition) is 4. The monoisotopic (exact) mass is 254 g/mol. The van der Waals surface area contributed by atoms with Crippen LogP contribution in [-0.2, 0) is 4.79 Å². The lowest BCUT2D eigenvalue weighted by molar-refractivity contribution is -0.129. The smallest absolute Gasteiger partial charge is 0.261 e. The Balaban J connectivity index is 1.78. The van der Waals surface area contributed by atoms with Gasteiger partial charge in [-0.15, -0.1) is 11.3 Å². The molecule has 1 fully saturated rings. The van der Waals surface area contributed by atoms with Crippen molar-refractivity contribution in [3.8, 4) is 0 Å². The van der Waals surface area contributed by atoms with Gasteiger partial charge in [0.2, 0.25) is 5.91 Å². The van der Waals surface area contributed by atoms with Gasteiger partial charge in [0.05, 0.1) is 17.5 Å². The van der Waals surface area contributed by atoms with E-state index >= 15 is 0 Å². The maximum absolute atomic E-state index is 11.7. The van der Waals surface area contributed by atoms with E-state index in [-0.39, 0.29) is 18.4 Å². The Kier molecular flexibility index (Phi) is 3.75. The number of likely N-dealkylation sites (tertiary alicyclic amines) is 1. The Morgan fingerprint density at radius 3 is 3.00 bits per heavy atom. The van der Waals surface area contributed by atoms with Crippen LogP contribution in [0.3, 0.4) is 0 Å². The molecule has 1 aromatic heterocycles. The number of nitrogens with zero attached hydrogens (tertiary/aromatic N) is 1. The number of aliphatic hydroxyl groups is 1. The van der Waals surface area contributed by atoms with Crippen molar-refractivity contribution >= 4 is 23.2 Å². The number of carbonyl (C=O) groups is 2. The molecule has 0 aromatic carbocycles. The first kappa shape index (κ1) is 12.1. The Morgan fingerprint density at radius 1 is 1.59 bits per heavy atom. The van der Waals surface area contributed by atoms with Crippen LogP contribution in [0, 0.1) is 0 Å². The first-order valence-electron chi connectivity index (χ1n) is 5.44. The zero-order chi connectivity index (χ0) is 12.3. The van der Waals surface area contributed by atoms with Crippen LogP contribution < -0.4 is 5.32 Å². The topological polar surface area (TPSA) is 69.6 Å². The second-order valence-corrected chi connectivity index (χ2v) is 4.89. The van der Waals surface area contributed by atoms with E-state index < -0.39 is 6.10 Å². The molecular weight excluding hydrogens is 240 g/mol. The van der Waals surface area contributed by atoms with Crippen molar-refractivity contribution in [3.05, 3.63) is 22.4 Å². The van der Waals surface area contributed by atoms with E-state index in [4.69, 9.17) is 0 Å². The molecule has 1 atom stereocenters. The van der Waals surface area contributed by atoms with E-state index in [1.54, 1.807) is 17.0 Å². The summed E-state index contributed by atoms with van der Waals surface area (Å²) in [4.78, 5) is 25.4. The molecule has 2 amide bonds. The van der Waals surface area contributed by atoms with Gasteiger partial charge in [0.15, 0.2) is 0 Å². The summed E-state index contributed by atoms with van der Waals surface area (Å²) in [6, 6.07) is 3.50. The molecule has 92 valence electrons. The predicted molar refractivity (Wildman–Crippen MR) is 63.9 cm³/mol. The summed E-state index contributed by atoms with van der Waals surface area (Å²) in [5.74, 6) is -0.375. The maximum atomic E-state index is 11.7. The summed E-state index contributed by atoms with van der Waals surface area (Å²) < 4.78 is 0. The number of thiophene rings is 1. The van der Waals surface area contributed by atoms with E-state index in [1.165, 1.54) is 11.3 Å². The molecule has 2 heterocycles. The van der Waals surface area contributed by atoms with Gasteiger partial charge in [-0.1, -0.05) is 6.07 Å². The Bertz CT molecular complexity index is 405. The largest absolute Gasteiger partial charge is 0.391 e. The number of amides is 2. The van der Waals surface area contributed by atoms with Gasteiger partial charge in [-0.05, 0) is 17.9 Å². The minimum absolute atomic E-state index is 0.0105. The Hall–Kier alpha value is -1.40. The van der Waals surface area contributed by atoms with Gasteiger partial charge >= 0.3 is 0 Å². The SMILES string of the molecule is O=C(NCC(=O)N1CC[C@@H](O)C1)c1cccs1. The quantitative estimate of drug-likeness (QED) is 0.802. The van der Waals surface area contributed by atoms with Gasteiger partial charge < -0.3 is 15.3 Å². The van der Waals surface area contributed by atoms with Gasteiger partial charge in [-0.3, -0.25) is 9.59 Å². The van der Waals surface area contributed by atoms with Crippen LogP contribution in [0.5, 0.6) is 0 Å². The molecular formula is C11H14N2O3S. The molecule has 2 rings (SSSR count). The highest BCUT2D eigenvalue weighted by Crippen LogP contribution is 2.09. The van der Waals surface area contributed by atoms with Gasteiger partial charge in [-0.2, -0.15) is 0 Å². The highest BCUT2D eigenvalue weighted by Gasteiger charge is 2.24. The molecule has 5 nitrogen and oxygen atoms in total. The zero-order valence-electron chi connectivity index (χ0n) is 9.26. The molecule has 0 saturated carbocycles. The van der Waals surface area contributed by atoms with Crippen molar-refractivity contribution in [1.82, 2.24) is 10.2 Å². The van der Waals surface area contributed by atoms with E-state index in [9.17, 15) is 14.7 Å². The fourth-order valence-electron chi connectivity index (χ4n) is 1.73. The van der Waals surface area contributed by atoms with Gasteiger partial charge in [-0.25, -0.2) is 0 Å². The van der Waals surface area contributed by atoms with E-state index in [0.717, 1.165) is 0 Å². The standard InChI is InChI=1S/C11H14N2O3S/c14-8-3-4-13(7-8)10(15)6-12-11(16)9-2-1-5-17-9/h1-2,5,8,14H,3-4,6-7H2,(H,12,16)/t8-/m1/s1. The predicted octanol–water partition coefficient (Wildman–Crippen LogP) is 0.0711. The minimum atomic E-state index is -0.424. The molecule has 17 heavy (non-hydrogen) atoms. The lowest BCUT2D eigenvalue weighted by Gasteiger charge is -2.15. The average molecular weight is 254 g/mol. The summed E-state index contributed by atoms with van der Waals surface area (Å²) in [6.07, 6.45) is 0.192. The molecule has 0 aliphatic carbocycles. The van der Waals surface area contributed by atoms with Crippen LogP contribution >= 0.6 is 11.3 Å². The fourth-order valence-corrected chi connectivity index (χ4v) is 2.37. The summed E-state index contributed by atoms with van der Waals surface area (Å²) in [5, 5.41) is 13.7. The third-order valence-electron chi connectivity index (χ3n) is 2.66. The van der Waals surface area contributed by atoms with Crippen molar-refractivity contribution in [2.75, 3.05) is 19.6 Å². The number of aliphatic hydroxyl groups excluding tert-OH is 1. The average Bonchev–Trinajstić information content (AvgIpc) is 2.95. The zero-order valence-corrected chi connectivity index (χ0v) is 10.1. The normalized spacial score (nSPS) is 19.4. The summed E-state index contributed by atoms with van der Waals surface area (Å²) in [5.41, 5.74) is 0. The second kappa shape index (κ2) is 5.29. The molecule has 1 saturated heterocycles. The first-order chi connectivity index (χ1) is 8.16. The highest BCUT2D eigenvalue weighted by molar-refractivity contribution is 7.12. The lowest BCUT2D eigenvalue weighted by atomic mass is 10.3. The molecule has 0 spiro atoms. The molecule has 0 radical (unpaired) electrons. The first-order valence-corrected chi connectivity index (χ1v) is 6.32. The molecule has 0 bridgehead atoms. The second-order valence-electron chi connectivity index (χ2n) is 3.94. The van der Waals surface area contributed by atoms with Crippen LogP contribution in [0.2, 0.25) is 0 Å². The highest BCUT2D eigenvalue weighted by atomic mass is 32.1. The van der Waals surface area contributed by atoms with Crippen LogP contribution in [0.15, 0.2) is 17.5 Å². The van der Waals surface area contributed by atoms with Crippen molar-refractivity contribution in [2.24, 2.45) is 0 Å². The molecule has 1 aliphatic rings. The molecule has 0 unspecified atom stereocenters. The van der Waals surface area contributed by atoms with Crippen LogP contribution in [0.25, 0.3) is 0 Å². The third kappa shape index (κ3) is 3.04. The van der Waals surface area contributed by atoms with E-state index in [2.05, 4.69) is 5.32 Å². The number of β-amino-alcohol motifs (C(OH)–C–C–N with tert-alkyl or cyclic N) is 1. The lowest BCUT2D eigenvalue weighted by Crippen LogP contribution is -2.39. The van der Waals surface area contributed by atoms with Gasteiger partial charge in [0, 0.05) is 13.1 Å². The van der Waals surface area contributed by atoms with E-state index in [1.807, 2.05) is 5.38 Å². The third-order valence-corrected chi connectivity index (χ3v) is 3.53. The fraction of sp³-hybridized carbons (Fsp3) is 0.455. The van der Waals surface area contributed by atoms with Crippen molar-refractivity contribution in [3.63, 3.8) is 0 Å². The number of rotatable bonds is 3. The van der Waals surface area contributed by atoms with Crippen LogP contribution in [0.1, 0.15) is 16.1 Å². The molecule has 1 aliphatic heterocycles. The Labute approximate surface area is 103 Å². The number of nitrogens with one attached hydrogen (secondary N) is 1. The summed E-state index contributed by atoms with van der Waals surface area (Å²) >= 11 is 1.34.